The second kappa shape index (κ2) is 5.12. The Balaban J connectivity index is 2.01. The molecule has 2 rings (SSSR count). The van der Waals surface area contributed by atoms with E-state index < -0.39 is 0 Å². The average Bonchev–Trinajstić information content (AvgIpc) is 2.76. The summed E-state index contributed by atoms with van der Waals surface area (Å²) in [6.45, 7) is 0.337. The predicted octanol–water partition coefficient (Wildman–Crippen LogP) is 1.71. The lowest BCUT2D eigenvalue weighted by Crippen LogP contribution is -2.07. The van der Waals surface area contributed by atoms with Gasteiger partial charge in [0.25, 0.3) is 0 Å². The molecular weight excluding hydrogens is 204 g/mol. The van der Waals surface area contributed by atoms with Crippen LogP contribution in [-0.4, -0.2) is 24.3 Å². The van der Waals surface area contributed by atoms with Crippen LogP contribution < -0.4 is 0 Å². The fourth-order valence-corrected chi connectivity index (χ4v) is 2.01. The van der Waals surface area contributed by atoms with Crippen molar-refractivity contribution in [2.45, 2.75) is 25.7 Å². The van der Waals surface area contributed by atoms with E-state index in [1.54, 1.807) is 0 Å². The summed E-state index contributed by atoms with van der Waals surface area (Å²) in [6, 6.07) is 5.78. The van der Waals surface area contributed by atoms with E-state index in [0.29, 0.717) is 12.0 Å². The molecule has 1 aliphatic rings. The molecule has 0 aliphatic heterocycles. The lowest BCUT2D eigenvalue weighted by atomic mass is 10.1. The molecule has 0 atom stereocenters. The molecule has 1 aliphatic carbocycles. The van der Waals surface area contributed by atoms with Crippen molar-refractivity contribution in [2.75, 3.05) is 13.2 Å². The van der Waals surface area contributed by atoms with Crippen molar-refractivity contribution in [2.24, 2.45) is 0 Å². The van der Waals surface area contributed by atoms with E-state index >= 15 is 0 Å². The Morgan fingerprint density at radius 1 is 1.31 bits per heavy atom. The second-order valence-corrected chi connectivity index (χ2v) is 4.05. The van der Waals surface area contributed by atoms with E-state index in [9.17, 15) is 4.79 Å². The number of benzene rings is 1. The molecule has 0 spiro atoms. The first kappa shape index (κ1) is 11.1. The highest BCUT2D eigenvalue weighted by molar-refractivity contribution is 5.89. The van der Waals surface area contributed by atoms with E-state index in [1.165, 1.54) is 17.5 Å². The van der Waals surface area contributed by atoms with Crippen molar-refractivity contribution >= 4 is 5.97 Å². The lowest BCUT2D eigenvalue weighted by Gasteiger charge is -2.05. The Kier molecular flexibility index (Phi) is 3.57. The number of carbonyl (C=O) groups is 1. The summed E-state index contributed by atoms with van der Waals surface area (Å²) >= 11 is 0. The zero-order chi connectivity index (χ0) is 11.4. The number of ether oxygens (including phenoxy) is 1. The number of aryl methyl sites for hydroxylation is 2. The van der Waals surface area contributed by atoms with Crippen molar-refractivity contribution in [1.29, 1.82) is 0 Å². The molecular formula is C13H16O3. The van der Waals surface area contributed by atoms with Crippen LogP contribution in [0.4, 0.5) is 0 Å². The number of hydrogen-bond donors (Lipinski definition) is 1. The number of aliphatic hydroxyl groups is 1. The molecule has 86 valence electrons. The summed E-state index contributed by atoms with van der Waals surface area (Å²) in [5.41, 5.74) is 3.25. The number of carbonyl (C=O) groups excluding carboxylic acids is 1. The van der Waals surface area contributed by atoms with Crippen LogP contribution in [0.25, 0.3) is 0 Å². The van der Waals surface area contributed by atoms with Crippen molar-refractivity contribution in [1.82, 2.24) is 0 Å². The fraction of sp³-hybridized carbons (Fsp3) is 0.462. The third-order valence-corrected chi connectivity index (χ3v) is 2.87. The standard InChI is InChI=1S/C13H16O3/c14-7-2-8-16-13(15)12-6-5-10-3-1-4-11(10)9-12/h5-6,9,14H,1-4,7-8H2. The first-order chi connectivity index (χ1) is 7.81. The molecule has 3 nitrogen and oxygen atoms in total. The Bertz CT molecular complexity index is 385. The summed E-state index contributed by atoms with van der Waals surface area (Å²) in [7, 11) is 0. The number of hydrogen-bond acceptors (Lipinski definition) is 3. The van der Waals surface area contributed by atoms with Gasteiger partial charge in [-0.15, -0.1) is 0 Å². The maximum Gasteiger partial charge on any atom is 0.338 e. The highest BCUT2D eigenvalue weighted by Gasteiger charge is 2.14. The SMILES string of the molecule is O=C(OCCCO)c1ccc2c(c1)CCC2. The van der Waals surface area contributed by atoms with E-state index in [0.717, 1.165) is 12.8 Å². The van der Waals surface area contributed by atoms with Gasteiger partial charge in [0.05, 0.1) is 12.2 Å². The van der Waals surface area contributed by atoms with Crippen molar-refractivity contribution in [3.05, 3.63) is 34.9 Å². The lowest BCUT2D eigenvalue weighted by molar-refractivity contribution is 0.0482. The summed E-state index contributed by atoms with van der Waals surface area (Å²) in [4.78, 5) is 11.6. The number of esters is 1. The van der Waals surface area contributed by atoms with Crippen LogP contribution in [0.5, 0.6) is 0 Å². The Morgan fingerprint density at radius 2 is 2.12 bits per heavy atom. The van der Waals surface area contributed by atoms with Gasteiger partial charge in [-0.1, -0.05) is 6.07 Å². The van der Waals surface area contributed by atoms with Crippen molar-refractivity contribution < 1.29 is 14.6 Å². The van der Waals surface area contributed by atoms with Crippen LogP contribution in [0.15, 0.2) is 18.2 Å². The number of aliphatic hydroxyl groups excluding tert-OH is 1. The first-order valence-electron chi connectivity index (χ1n) is 5.71. The van der Waals surface area contributed by atoms with Crippen LogP contribution in [0.3, 0.4) is 0 Å². The maximum atomic E-state index is 11.6. The molecule has 0 heterocycles. The normalized spacial score (nSPS) is 13.6. The highest BCUT2D eigenvalue weighted by atomic mass is 16.5. The van der Waals surface area contributed by atoms with Crippen LogP contribution >= 0.6 is 0 Å². The largest absolute Gasteiger partial charge is 0.462 e. The highest BCUT2D eigenvalue weighted by Crippen LogP contribution is 2.23. The van der Waals surface area contributed by atoms with E-state index in [1.807, 2.05) is 18.2 Å². The molecule has 0 radical (unpaired) electrons. The molecule has 0 saturated carbocycles. The Labute approximate surface area is 95.0 Å². The molecule has 16 heavy (non-hydrogen) atoms. The second-order valence-electron chi connectivity index (χ2n) is 4.05. The van der Waals surface area contributed by atoms with Gasteiger partial charge in [-0.2, -0.15) is 0 Å². The van der Waals surface area contributed by atoms with Crippen molar-refractivity contribution in [3.63, 3.8) is 0 Å². The third kappa shape index (κ3) is 2.42. The van der Waals surface area contributed by atoms with Crippen LogP contribution in [-0.2, 0) is 17.6 Å². The van der Waals surface area contributed by atoms with Gasteiger partial charge in [-0.3, -0.25) is 0 Å². The van der Waals surface area contributed by atoms with Crippen LogP contribution in [0.2, 0.25) is 0 Å². The van der Waals surface area contributed by atoms with Gasteiger partial charge in [0.2, 0.25) is 0 Å². The maximum absolute atomic E-state index is 11.6. The molecule has 0 aromatic heterocycles. The van der Waals surface area contributed by atoms with E-state index in [-0.39, 0.29) is 19.2 Å². The predicted molar refractivity (Wildman–Crippen MR) is 60.5 cm³/mol. The molecule has 0 bridgehead atoms. The topological polar surface area (TPSA) is 46.5 Å². The fourth-order valence-electron chi connectivity index (χ4n) is 2.01. The molecule has 1 aromatic carbocycles. The number of rotatable bonds is 4. The van der Waals surface area contributed by atoms with E-state index in [4.69, 9.17) is 9.84 Å². The summed E-state index contributed by atoms with van der Waals surface area (Å²) < 4.78 is 5.03. The van der Waals surface area contributed by atoms with Crippen LogP contribution in [0, 0.1) is 0 Å². The van der Waals surface area contributed by atoms with Gasteiger partial charge < -0.3 is 9.84 Å². The van der Waals surface area contributed by atoms with Gasteiger partial charge in [0.15, 0.2) is 0 Å². The zero-order valence-electron chi connectivity index (χ0n) is 9.24. The molecule has 0 unspecified atom stereocenters. The summed E-state index contributed by atoms with van der Waals surface area (Å²) in [5.74, 6) is -0.289. The number of fused-ring (bicyclic) bond motifs is 1. The van der Waals surface area contributed by atoms with Gasteiger partial charge in [0.1, 0.15) is 0 Å². The minimum Gasteiger partial charge on any atom is -0.462 e. The molecule has 3 heteroatoms. The molecule has 0 amide bonds. The quantitative estimate of drug-likeness (QED) is 0.620. The Morgan fingerprint density at radius 3 is 2.94 bits per heavy atom. The smallest absolute Gasteiger partial charge is 0.338 e. The molecule has 0 saturated heterocycles. The molecule has 1 N–H and O–H groups in total. The average molecular weight is 220 g/mol. The monoisotopic (exact) mass is 220 g/mol. The van der Waals surface area contributed by atoms with E-state index in [2.05, 4.69) is 0 Å². The first-order valence-corrected chi connectivity index (χ1v) is 5.71. The molecule has 1 aromatic rings. The zero-order valence-corrected chi connectivity index (χ0v) is 9.24. The summed E-state index contributed by atoms with van der Waals surface area (Å²) in [6.07, 6.45) is 3.86. The van der Waals surface area contributed by atoms with Gasteiger partial charge in [0, 0.05) is 13.0 Å². The summed E-state index contributed by atoms with van der Waals surface area (Å²) in [5, 5.41) is 8.59. The minimum atomic E-state index is -0.289. The van der Waals surface area contributed by atoms with Gasteiger partial charge in [-0.25, -0.2) is 4.79 Å². The Hall–Kier alpha value is -1.35. The van der Waals surface area contributed by atoms with Crippen LogP contribution in [0.1, 0.15) is 34.3 Å². The van der Waals surface area contributed by atoms with Gasteiger partial charge >= 0.3 is 5.97 Å². The minimum absolute atomic E-state index is 0.0530. The van der Waals surface area contributed by atoms with Crippen molar-refractivity contribution in [3.8, 4) is 0 Å². The molecule has 0 fully saturated rings. The van der Waals surface area contributed by atoms with Gasteiger partial charge in [-0.05, 0) is 42.5 Å². The third-order valence-electron chi connectivity index (χ3n) is 2.87.